The molecule has 0 aliphatic rings. The molecule has 0 bridgehead atoms. The van der Waals surface area contributed by atoms with E-state index in [1.165, 1.54) is 5.56 Å². The number of thioether (sulfide) groups is 1. The highest BCUT2D eigenvalue weighted by molar-refractivity contribution is 8.00. The normalized spacial score (nSPS) is 15.2. The van der Waals surface area contributed by atoms with Crippen LogP contribution in [0.2, 0.25) is 0 Å². The Morgan fingerprint density at radius 3 is 2.00 bits per heavy atom. The molecule has 0 aliphatic carbocycles. The molecule has 1 aromatic rings. The third-order valence-corrected chi connectivity index (χ3v) is 4.56. The monoisotopic (exact) mass is 251 g/mol. The van der Waals surface area contributed by atoms with Crippen LogP contribution in [0.15, 0.2) is 30.3 Å². The second kappa shape index (κ2) is 7.07. The maximum atomic E-state index is 3.48. The molecule has 2 heteroatoms. The van der Waals surface area contributed by atoms with Crippen molar-refractivity contribution < 1.29 is 0 Å². The van der Waals surface area contributed by atoms with Gasteiger partial charge in [-0.05, 0) is 23.8 Å². The molecular weight excluding hydrogens is 226 g/mol. The Labute approximate surface area is 110 Å². The second-order valence-corrected chi connectivity index (χ2v) is 6.83. The Kier molecular flexibility index (Phi) is 6.07. The van der Waals surface area contributed by atoms with Crippen molar-refractivity contribution in [3.63, 3.8) is 0 Å². The Morgan fingerprint density at radius 2 is 1.59 bits per heavy atom. The van der Waals surface area contributed by atoms with Gasteiger partial charge < -0.3 is 5.32 Å². The minimum Gasteiger partial charge on any atom is -0.312 e. The molecule has 0 spiro atoms. The van der Waals surface area contributed by atoms with Gasteiger partial charge in [0.05, 0.1) is 0 Å². The maximum Gasteiger partial charge on any atom is 0.0440 e. The van der Waals surface area contributed by atoms with Crippen molar-refractivity contribution in [1.82, 2.24) is 5.32 Å². The molecule has 96 valence electrons. The van der Waals surface area contributed by atoms with Crippen LogP contribution in [0, 0.1) is 5.92 Å². The van der Waals surface area contributed by atoms with Gasteiger partial charge in [0.2, 0.25) is 0 Å². The molecule has 0 saturated carbocycles. The second-order valence-electron chi connectivity index (χ2n) is 5.07. The average Bonchev–Trinajstić information content (AvgIpc) is 2.29. The summed E-state index contributed by atoms with van der Waals surface area (Å²) in [5.41, 5.74) is 1.39. The number of hydrogen-bond acceptors (Lipinski definition) is 2. The summed E-state index contributed by atoms with van der Waals surface area (Å²) in [5.74, 6) is 0.667. The molecule has 0 aromatic heterocycles. The van der Waals surface area contributed by atoms with Crippen molar-refractivity contribution in [2.24, 2.45) is 5.92 Å². The van der Waals surface area contributed by atoms with Crippen LogP contribution in [-0.4, -0.2) is 17.5 Å². The summed E-state index contributed by atoms with van der Waals surface area (Å²) in [6.07, 6.45) is 0. The van der Waals surface area contributed by atoms with Crippen LogP contribution in [0.3, 0.4) is 0 Å². The first-order chi connectivity index (χ1) is 8.06. The molecular formula is C15H25NS. The van der Waals surface area contributed by atoms with Gasteiger partial charge in [-0.3, -0.25) is 0 Å². The van der Waals surface area contributed by atoms with Gasteiger partial charge in [-0.15, -0.1) is 0 Å². The van der Waals surface area contributed by atoms with Crippen LogP contribution in [0.5, 0.6) is 0 Å². The zero-order chi connectivity index (χ0) is 12.8. The van der Waals surface area contributed by atoms with Crippen LogP contribution in [0.25, 0.3) is 0 Å². The minimum atomic E-state index is 0.434. The first-order valence-electron chi connectivity index (χ1n) is 6.44. The van der Waals surface area contributed by atoms with Crippen molar-refractivity contribution in [3.8, 4) is 0 Å². The molecule has 17 heavy (non-hydrogen) atoms. The van der Waals surface area contributed by atoms with E-state index in [4.69, 9.17) is 0 Å². The van der Waals surface area contributed by atoms with Gasteiger partial charge in [-0.25, -0.2) is 0 Å². The standard InChI is InChI=1S/C15H25NS/c1-11(2)15(17-12(3)4)14(16-5)13-9-7-6-8-10-13/h6-12,14-16H,1-5H3. The predicted molar refractivity (Wildman–Crippen MR) is 79.6 cm³/mol. The third-order valence-electron chi connectivity index (χ3n) is 2.88. The highest BCUT2D eigenvalue weighted by Crippen LogP contribution is 2.34. The summed E-state index contributed by atoms with van der Waals surface area (Å²) in [7, 11) is 2.06. The van der Waals surface area contributed by atoms with Gasteiger partial charge >= 0.3 is 0 Å². The molecule has 1 rings (SSSR count). The van der Waals surface area contributed by atoms with Crippen molar-refractivity contribution in [2.45, 2.75) is 44.2 Å². The topological polar surface area (TPSA) is 12.0 Å². The van der Waals surface area contributed by atoms with E-state index >= 15 is 0 Å². The zero-order valence-corrected chi connectivity index (χ0v) is 12.4. The maximum absolute atomic E-state index is 3.48. The fourth-order valence-corrected chi connectivity index (χ4v) is 3.51. The Morgan fingerprint density at radius 1 is 1.00 bits per heavy atom. The van der Waals surface area contributed by atoms with E-state index in [2.05, 4.69) is 82.2 Å². The van der Waals surface area contributed by atoms with E-state index in [-0.39, 0.29) is 0 Å². The van der Waals surface area contributed by atoms with E-state index in [1.54, 1.807) is 0 Å². The molecule has 1 nitrogen and oxygen atoms in total. The summed E-state index contributed by atoms with van der Waals surface area (Å²) in [6, 6.07) is 11.2. The quantitative estimate of drug-likeness (QED) is 0.816. The SMILES string of the molecule is CNC(c1ccccc1)C(SC(C)C)C(C)C. The summed E-state index contributed by atoms with van der Waals surface area (Å²) >= 11 is 2.07. The van der Waals surface area contributed by atoms with E-state index in [0.29, 0.717) is 22.5 Å². The van der Waals surface area contributed by atoms with Crippen molar-refractivity contribution in [1.29, 1.82) is 0 Å². The van der Waals surface area contributed by atoms with Gasteiger partial charge in [0.25, 0.3) is 0 Å². The molecule has 0 aliphatic heterocycles. The van der Waals surface area contributed by atoms with Crippen LogP contribution in [0.4, 0.5) is 0 Å². The van der Waals surface area contributed by atoms with Crippen LogP contribution in [-0.2, 0) is 0 Å². The number of nitrogens with one attached hydrogen (secondary N) is 1. The molecule has 0 heterocycles. The average molecular weight is 251 g/mol. The van der Waals surface area contributed by atoms with Crippen molar-refractivity contribution >= 4 is 11.8 Å². The summed E-state index contributed by atoms with van der Waals surface area (Å²) in [5, 5.41) is 4.77. The summed E-state index contributed by atoms with van der Waals surface area (Å²) in [4.78, 5) is 0. The lowest BCUT2D eigenvalue weighted by Crippen LogP contribution is -2.32. The number of benzene rings is 1. The van der Waals surface area contributed by atoms with Crippen LogP contribution < -0.4 is 5.32 Å². The molecule has 2 unspecified atom stereocenters. The first kappa shape index (κ1) is 14.6. The summed E-state index contributed by atoms with van der Waals surface area (Å²) < 4.78 is 0. The Bertz CT molecular complexity index is 308. The molecule has 0 fully saturated rings. The van der Waals surface area contributed by atoms with Crippen LogP contribution >= 0.6 is 11.8 Å². The van der Waals surface area contributed by atoms with Crippen molar-refractivity contribution in [2.75, 3.05) is 7.05 Å². The molecule has 0 saturated heterocycles. The predicted octanol–water partition coefficient (Wildman–Crippen LogP) is 4.11. The number of rotatable bonds is 6. The first-order valence-corrected chi connectivity index (χ1v) is 7.38. The lowest BCUT2D eigenvalue weighted by atomic mass is 9.96. The lowest BCUT2D eigenvalue weighted by Gasteiger charge is -2.31. The number of hydrogen-bond donors (Lipinski definition) is 1. The van der Waals surface area contributed by atoms with Gasteiger partial charge in [-0.2, -0.15) is 11.8 Å². The highest BCUT2D eigenvalue weighted by atomic mass is 32.2. The molecule has 0 radical (unpaired) electrons. The fourth-order valence-electron chi connectivity index (χ4n) is 2.12. The van der Waals surface area contributed by atoms with Gasteiger partial charge in [-0.1, -0.05) is 58.0 Å². The molecule has 1 N–H and O–H groups in total. The lowest BCUT2D eigenvalue weighted by molar-refractivity contribution is 0.472. The van der Waals surface area contributed by atoms with E-state index in [0.717, 1.165) is 0 Å². The van der Waals surface area contributed by atoms with Crippen molar-refractivity contribution in [3.05, 3.63) is 35.9 Å². The van der Waals surface area contributed by atoms with Gasteiger partial charge in [0.15, 0.2) is 0 Å². The molecule has 1 aromatic carbocycles. The van der Waals surface area contributed by atoms with E-state index in [1.807, 2.05) is 0 Å². The van der Waals surface area contributed by atoms with Gasteiger partial charge in [0, 0.05) is 11.3 Å². The zero-order valence-electron chi connectivity index (χ0n) is 11.6. The van der Waals surface area contributed by atoms with Crippen LogP contribution in [0.1, 0.15) is 39.3 Å². The smallest absolute Gasteiger partial charge is 0.0440 e. The largest absolute Gasteiger partial charge is 0.312 e. The molecule has 2 atom stereocenters. The highest BCUT2D eigenvalue weighted by Gasteiger charge is 2.25. The van der Waals surface area contributed by atoms with Gasteiger partial charge in [0.1, 0.15) is 0 Å². The fraction of sp³-hybridized carbons (Fsp3) is 0.600. The van der Waals surface area contributed by atoms with E-state index < -0.39 is 0 Å². The Hall–Kier alpha value is -0.470. The molecule has 0 amide bonds. The van der Waals surface area contributed by atoms with E-state index in [9.17, 15) is 0 Å². The minimum absolute atomic E-state index is 0.434. The summed E-state index contributed by atoms with van der Waals surface area (Å²) in [6.45, 7) is 9.18. The Balaban J connectivity index is 2.89. The third kappa shape index (κ3) is 4.36.